The highest BCUT2D eigenvalue weighted by Crippen LogP contribution is 2.20. The molecule has 36 heavy (non-hydrogen) atoms. The lowest BCUT2D eigenvalue weighted by molar-refractivity contribution is -0.590. The molecular formula is C27H27N6O3+. The van der Waals surface area contributed by atoms with Crippen molar-refractivity contribution in [3.63, 3.8) is 0 Å². The van der Waals surface area contributed by atoms with Crippen LogP contribution in [0.15, 0.2) is 66.9 Å². The van der Waals surface area contributed by atoms with Crippen molar-refractivity contribution >= 4 is 34.4 Å². The highest BCUT2D eigenvalue weighted by molar-refractivity contribution is 6.07. The van der Waals surface area contributed by atoms with Gasteiger partial charge in [-0.3, -0.25) is 14.5 Å². The third kappa shape index (κ3) is 5.56. The Balaban J connectivity index is 1.55. The minimum absolute atomic E-state index is 0.0668. The maximum Gasteiger partial charge on any atom is 0.307 e. The number of hydrogen-bond acceptors (Lipinski definition) is 6. The van der Waals surface area contributed by atoms with Gasteiger partial charge in [-0.1, -0.05) is 6.07 Å². The van der Waals surface area contributed by atoms with Crippen LogP contribution in [0.1, 0.15) is 35.1 Å². The number of rotatable bonds is 9. The summed E-state index contributed by atoms with van der Waals surface area (Å²) >= 11 is 0. The molecule has 0 unspecified atom stereocenters. The molecule has 2 aromatic carbocycles. The molecule has 0 aliphatic carbocycles. The smallest absolute Gasteiger partial charge is 0.307 e. The predicted octanol–water partition coefficient (Wildman–Crippen LogP) is 2.84. The van der Waals surface area contributed by atoms with Gasteiger partial charge in [0.25, 0.3) is 5.91 Å². The average Bonchev–Trinajstić information content (AvgIpc) is 3.23. The number of hydrogen-bond donors (Lipinski definition) is 1. The molecular weight excluding hydrogens is 456 g/mol. The maximum absolute atomic E-state index is 13.5. The van der Waals surface area contributed by atoms with E-state index in [-0.39, 0.29) is 31.4 Å². The van der Waals surface area contributed by atoms with Crippen LogP contribution >= 0.6 is 0 Å². The Morgan fingerprint density at radius 3 is 2.64 bits per heavy atom. The van der Waals surface area contributed by atoms with Crippen LogP contribution in [-0.2, 0) is 23.1 Å². The van der Waals surface area contributed by atoms with Gasteiger partial charge in [-0.15, -0.1) is 0 Å². The van der Waals surface area contributed by atoms with Crippen molar-refractivity contribution in [3.05, 3.63) is 83.8 Å². The van der Waals surface area contributed by atoms with Crippen LogP contribution in [0.4, 0.5) is 11.5 Å². The zero-order valence-corrected chi connectivity index (χ0v) is 20.2. The second-order valence-electron chi connectivity index (χ2n) is 8.13. The van der Waals surface area contributed by atoms with Gasteiger partial charge in [0.1, 0.15) is 18.1 Å². The molecule has 0 fully saturated rings. The van der Waals surface area contributed by atoms with Crippen LogP contribution in [0, 0.1) is 11.3 Å². The van der Waals surface area contributed by atoms with Gasteiger partial charge in [0.05, 0.1) is 35.7 Å². The lowest BCUT2D eigenvalue weighted by Gasteiger charge is -2.21. The Hall–Kier alpha value is -4.55. The highest BCUT2D eigenvalue weighted by Gasteiger charge is 2.21. The van der Waals surface area contributed by atoms with Gasteiger partial charge in [0.2, 0.25) is 0 Å². The third-order valence-corrected chi connectivity index (χ3v) is 5.80. The topological polar surface area (TPSA) is 118 Å². The largest absolute Gasteiger partial charge is 0.466 e. The zero-order valence-electron chi connectivity index (χ0n) is 20.2. The standard InChI is InChI=1S/C27H26N6O3/c1-3-36-26(34)13-15-33(24-6-4-5-14-29-24)27(35)20-9-12-23-22(16-20)31-25(32(23)2)18-30-21-10-7-19(17-28)8-11-21/h4-12,14,16,30H,3,13,15,18H2,1-2H3/p+1. The van der Waals surface area contributed by atoms with Crippen molar-refractivity contribution in [3.8, 4) is 6.07 Å². The van der Waals surface area contributed by atoms with E-state index in [9.17, 15) is 9.59 Å². The summed E-state index contributed by atoms with van der Waals surface area (Å²) in [7, 11) is 1.94. The number of benzene rings is 2. The van der Waals surface area contributed by atoms with E-state index in [1.807, 2.05) is 35.1 Å². The van der Waals surface area contributed by atoms with Crippen LogP contribution in [0.5, 0.6) is 0 Å². The number of aryl methyl sites for hydroxylation is 1. The second kappa shape index (κ2) is 11.3. The molecule has 0 saturated heterocycles. The lowest BCUT2D eigenvalue weighted by atomic mass is 10.1. The molecule has 0 spiro atoms. The molecule has 0 aliphatic rings. The number of anilines is 1. The van der Waals surface area contributed by atoms with Gasteiger partial charge in [0, 0.05) is 37.5 Å². The van der Waals surface area contributed by atoms with Crippen molar-refractivity contribution in [2.45, 2.75) is 19.9 Å². The fourth-order valence-electron chi connectivity index (χ4n) is 3.89. The summed E-state index contributed by atoms with van der Waals surface area (Å²) < 4.78 is 7.03. The highest BCUT2D eigenvalue weighted by atomic mass is 16.5. The molecule has 0 aliphatic heterocycles. The summed E-state index contributed by atoms with van der Waals surface area (Å²) in [6, 6.07) is 20.2. The number of carbonyl (C=O) groups is 2. The first-order valence-electron chi connectivity index (χ1n) is 11.7. The molecule has 9 nitrogen and oxygen atoms in total. The summed E-state index contributed by atoms with van der Waals surface area (Å²) in [5.74, 6) is 0.680. The Morgan fingerprint density at radius 2 is 1.94 bits per heavy atom. The number of pyridine rings is 1. The molecule has 182 valence electrons. The summed E-state index contributed by atoms with van der Waals surface area (Å²) in [6.45, 7) is 2.79. The van der Waals surface area contributed by atoms with Crippen LogP contribution in [0.2, 0.25) is 0 Å². The summed E-state index contributed by atoms with van der Waals surface area (Å²) in [6.07, 6.45) is 1.68. The molecule has 2 N–H and O–H groups in total. The van der Waals surface area contributed by atoms with Crippen molar-refractivity contribution in [2.75, 3.05) is 18.1 Å². The van der Waals surface area contributed by atoms with Crippen molar-refractivity contribution in [1.82, 2.24) is 14.5 Å². The number of nitriles is 1. The van der Waals surface area contributed by atoms with Crippen molar-refractivity contribution < 1.29 is 19.6 Å². The van der Waals surface area contributed by atoms with Crippen molar-refractivity contribution in [2.24, 2.45) is 7.05 Å². The minimum Gasteiger partial charge on any atom is -0.466 e. The molecule has 4 aromatic rings. The summed E-state index contributed by atoms with van der Waals surface area (Å²) in [5, 5.41) is 11.0. The lowest BCUT2D eigenvalue weighted by Crippen LogP contribution is -2.76. The van der Waals surface area contributed by atoms with E-state index in [2.05, 4.69) is 11.1 Å². The van der Waals surface area contributed by atoms with E-state index < -0.39 is 0 Å². The van der Waals surface area contributed by atoms with Gasteiger partial charge in [-0.05, 0) is 49.4 Å². The van der Waals surface area contributed by atoms with Gasteiger partial charge in [-0.25, -0.2) is 9.97 Å². The number of nitrogens with two attached hydrogens (primary N) is 1. The quantitative estimate of drug-likeness (QED) is 0.289. The fraction of sp³-hybridized carbons (Fsp3) is 0.222. The number of carbonyl (C=O) groups excluding carboxylic acids is 2. The van der Waals surface area contributed by atoms with Gasteiger partial charge in [0.15, 0.2) is 5.82 Å². The number of ether oxygens (including phenoxy) is 1. The molecule has 1 amide bonds. The van der Waals surface area contributed by atoms with E-state index in [4.69, 9.17) is 15.0 Å². The Kier molecular flexibility index (Phi) is 7.68. The number of amides is 1. The van der Waals surface area contributed by atoms with Crippen LogP contribution in [0.3, 0.4) is 0 Å². The zero-order chi connectivity index (χ0) is 25.5. The number of fused-ring (bicyclic) bond motifs is 1. The third-order valence-electron chi connectivity index (χ3n) is 5.80. The SMILES string of the molecule is CCOC(=O)CCN(C(=O)c1ccc2c(c1)nc(C[NH2+]c1ccc(C#N)cc1)n2C)c1ccccn1. The van der Waals surface area contributed by atoms with Crippen molar-refractivity contribution in [1.29, 1.82) is 5.26 Å². The number of nitrogens with zero attached hydrogens (tertiary/aromatic N) is 5. The Bertz CT molecular complexity index is 1410. The summed E-state index contributed by atoms with van der Waals surface area (Å²) in [4.78, 5) is 36.0. The fourth-order valence-corrected chi connectivity index (χ4v) is 3.89. The first-order valence-corrected chi connectivity index (χ1v) is 11.7. The van der Waals surface area contributed by atoms with E-state index in [0.717, 1.165) is 17.0 Å². The summed E-state index contributed by atoms with van der Waals surface area (Å²) in [5.41, 5.74) is 3.69. The molecule has 0 bridgehead atoms. The average molecular weight is 484 g/mol. The van der Waals surface area contributed by atoms with E-state index in [1.165, 1.54) is 4.90 Å². The number of imidazole rings is 1. The van der Waals surface area contributed by atoms with Gasteiger partial charge in [-0.2, -0.15) is 5.26 Å². The van der Waals surface area contributed by atoms with Gasteiger partial charge < -0.3 is 14.6 Å². The number of esters is 1. The van der Waals surface area contributed by atoms with Crippen LogP contribution in [-0.4, -0.2) is 39.6 Å². The van der Waals surface area contributed by atoms with Gasteiger partial charge >= 0.3 is 5.97 Å². The molecule has 2 heterocycles. The molecule has 0 atom stereocenters. The first kappa shape index (κ1) is 24.6. The maximum atomic E-state index is 13.5. The first-order chi connectivity index (χ1) is 17.5. The molecule has 0 saturated carbocycles. The molecule has 2 aromatic heterocycles. The Labute approximate surface area is 209 Å². The molecule has 9 heteroatoms. The van der Waals surface area contributed by atoms with Crippen LogP contribution < -0.4 is 10.2 Å². The van der Waals surface area contributed by atoms with E-state index in [0.29, 0.717) is 29.0 Å². The minimum atomic E-state index is -0.366. The number of quaternary nitrogens is 1. The normalized spacial score (nSPS) is 10.7. The van der Waals surface area contributed by atoms with E-state index in [1.54, 1.807) is 55.6 Å². The Morgan fingerprint density at radius 1 is 1.14 bits per heavy atom. The van der Waals surface area contributed by atoms with Crippen LogP contribution in [0.25, 0.3) is 11.0 Å². The molecule has 0 radical (unpaired) electrons. The predicted molar refractivity (Wildman–Crippen MR) is 134 cm³/mol. The molecule has 4 rings (SSSR count). The van der Waals surface area contributed by atoms with E-state index >= 15 is 0 Å². The monoisotopic (exact) mass is 483 g/mol. The second-order valence-corrected chi connectivity index (χ2v) is 8.13. The number of aromatic nitrogens is 3.